The van der Waals surface area contributed by atoms with Gasteiger partial charge >= 0.3 is 0 Å². The second kappa shape index (κ2) is 6.87. The maximum absolute atomic E-state index is 12.7. The van der Waals surface area contributed by atoms with Gasteiger partial charge in [0.15, 0.2) is 9.84 Å². The second-order valence-corrected chi connectivity index (χ2v) is 9.97. The quantitative estimate of drug-likeness (QED) is 0.734. The highest BCUT2D eigenvalue weighted by Crippen LogP contribution is 2.41. The normalized spacial score (nSPS) is 24.1. The molecule has 0 saturated carbocycles. The molecule has 0 bridgehead atoms. The third-order valence-corrected chi connectivity index (χ3v) is 6.77. The molecule has 0 N–H and O–H groups in total. The molecular formula is C22H23NO4S. The van der Waals surface area contributed by atoms with Crippen LogP contribution in [-0.2, 0) is 14.6 Å². The number of benzene rings is 1. The average Bonchev–Trinajstić information content (AvgIpc) is 3.14. The lowest BCUT2D eigenvalue weighted by molar-refractivity contribution is 0.153. The minimum Gasteiger partial charge on any atom is -0.441 e. The number of ether oxygens (including phenoxy) is 2. The summed E-state index contributed by atoms with van der Waals surface area (Å²) in [4.78, 5) is 4.37. The average molecular weight is 397 g/mol. The van der Waals surface area contributed by atoms with E-state index in [-0.39, 0.29) is 6.10 Å². The van der Waals surface area contributed by atoms with Crippen LogP contribution in [0.1, 0.15) is 13.8 Å². The van der Waals surface area contributed by atoms with E-state index in [1.165, 1.54) is 6.26 Å². The lowest BCUT2D eigenvalue weighted by atomic mass is 9.80. The van der Waals surface area contributed by atoms with E-state index in [0.29, 0.717) is 18.2 Å². The Morgan fingerprint density at radius 2 is 2.00 bits per heavy atom. The maximum Gasteiger partial charge on any atom is 0.226 e. The molecule has 0 saturated heterocycles. The first-order chi connectivity index (χ1) is 13.3. The van der Waals surface area contributed by atoms with E-state index >= 15 is 0 Å². The van der Waals surface area contributed by atoms with Crippen LogP contribution in [0.25, 0.3) is 10.8 Å². The summed E-state index contributed by atoms with van der Waals surface area (Å²) in [6, 6.07) is 9.64. The standard InChI is InChI=1S/C22H23NO4S/c1-22(2)14-16(18-9-6-12-26-18)13-19(20(22)28(3,24)25)27-21-17-8-5-4-7-15(17)10-11-23-21/h4-11,13-14,18,20H,12H2,1-3H3. The Hall–Kier alpha value is -2.44. The van der Waals surface area contributed by atoms with Crippen molar-refractivity contribution >= 4 is 20.6 Å². The predicted molar refractivity (Wildman–Crippen MR) is 110 cm³/mol. The maximum atomic E-state index is 12.7. The van der Waals surface area contributed by atoms with E-state index in [4.69, 9.17) is 9.47 Å². The molecule has 2 aliphatic rings. The molecule has 146 valence electrons. The van der Waals surface area contributed by atoms with Gasteiger partial charge in [0.05, 0.1) is 6.61 Å². The molecule has 2 atom stereocenters. The number of rotatable bonds is 4. The molecule has 28 heavy (non-hydrogen) atoms. The van der Waals surface area contributed by atoms with Gasteiger partial charge in [0, 0.05) is 23.3 Å². The van der Waals surface area contributed by atoms with Crippen LogP contribution in [0.4, 0.5) is 0 Å². The summed E-state index contributed by atoms with van der Waals surface area (Å²) in [5.41, 5.74) is 0.242. The molecular weight excluding hydrogens is 374 g/mol. The smallest absolute Gasteiger partial charge is 0.226 e. The number of aromatic nitrogens is 1. The van der Waals surface area contributed by atoms with Crippen molar-refractivity contribution in [1.82, 2.24) is 4.98 Å². The van der Waals surface area contributed by atoms with Crippen LogP contribution >= 0.6 is 0 Å². The highest BCUT2D eigenvalue weighted by Gasteiger charge is 2.43. The Morgan fingerprint density at radius 3 is 2.71 bits per heavy atom. The van der Waals surface area contributed by atoms with Gasteiger partial charge in [-0.3, -0.25) is 0 Å². The van der Waals surface area contributed by atoms with Crippen LogP contribution in [0.2, 0.25) is 0 Å². The van der Waals surface area contributed by atoms with Crippen LogP contribution in [0, 0.1) is 5.41 Å². The molecule has 5 nitrogen and oxygen atoms in total. The lowest BCUT2D eigenvalue weighted by Gasteiger charge is -2.36. The highest BCUT2D eigenvalue weighted by molar-refractivity contribution is 7.91. The number of nitrogens with zero attached hydrogens (tertiary/aromatic N) is 1. The summed E-state index contributed by atoms with van der Waals surface area (Å²) in [5.74, 6) is 0.774. The Balaban J connectivity index is 1.82. The first kappa shape index (κ1) is 18.9. The minimum absolute atomic E-state index is 0.195. The summed E-state index contributed by atoms with van der Waals surface area (Å²) in [5, 5.41) is 1.01. The Morgan fingerprint density at radius 1 is 1.21 bits per heavy atom. The fourth-order valence-electron chi connectivity index (χ4n) is 4.05. The molecule has 1 aliphatic carbocycles. The topological polar surface area (TPSA) is 65.5 Å². The third kappa shape index (κ3) is 3.50. The molecule has 0 amide bonds. The monoisotopic (exact) mass is 397 g/mol. The number of hydrogen-bond acceptors (Lipinski definition) is 5. The third-order valence-electron chi connectivity index (χ3n) is 5.07. The van der Waals surface area contributed by atoms with Crippen LogP contribution in [0.15, 0.2) is 72.2 Å². The Labute approximate surface area is 165 Å². The predicted octanol–water partition coefficient (Wildman–Crippen LogP) is 3.83. The minimum atomic E-state index is -3.43. The van der Waals surface area contributed by atoms with Gasteiger partial charge < -0.3 is 9.47 Å². The van der Waals surface area contributed by atoms with Crippen molar-refractivity contribution in [2.45, 2.75) is 25.2 Å². The van der Waals surface area contributed by atoms with Gasteiger partial charge in [-0.2, -0.15) is 0 Å². The zero-order valence-electron chi connectivity index (χ0n) is 16.1. The van der Waals surface area contributed by atoms with Gasteiger partial charge in [-0.15, -0.1) is 0 Å². The number of sulfone groups is 1. The van der Waals surface area contributed by atoms with Gasteiger partial charge in [0.1, 0.15) is 17.1 Å². The van der Waals surface area contributed by atoms with Crippen molar-refractivity contribution in [3.8, 4) is 5.88 Å². The molecule has 2 aromatic rings. The van der Waals surface area contributed by atoms with Gasteiger partial charge in [-0.05, 0) is 29.2 Å². The van der Waals surface area contributed by atoms with E-state index in [9.17, 15) is 8.42 Å². The van der Waals surface area contributed by atoms with E-state index in [0.717, 1.165) is 16.3 Å². The van der Waals surface area contributed by atoms with E-state index in [2.05, 4.69) is 4.98 Å². The number of fused-ring (bicyclic) bond motifs is 1. The van der Waals surface area contributed by atoms with Gasteiger partial charge in [0.25, 0.3) is 0 Å². The van der Waals surface area contributed by atoms with Crippen molar-refractivity contribution in [1.29, 1.82) is 0 Å². The molecule has 2 heterocycles. The summed E-state index contributed by atoms with van der Waals surface area (Å²) in [7, 11) is -3.43. The zero-order valence-corrected chi connectivity index (χ0v) is 16.9. The molecule has 1 aromatic carbocycles. The molecule has 1 aliphatic heterocycles. The van der Waals surface area contributed by atoms with Crippen LogP contribution in [0.3, 0.4) is 0 Å². The fraction of sp³-hybridized carbons (Fsp3) is 0.318. The summed E-state index contributed by atoms with van der Waals surface area (Å²) in [6.45, 7) is 4.36. The molecule has 0 fully saturated rings. The van der Waals surface area contributed by atoms with Gasteiger partial charge in [0.2, 0.25) is 5.88 Å². The summed E-state index contributed by atoms with van der Waals surface area (Å²) < 4.78 is 37.3. The van der Waals surface area contributed by atoms with Crippen LogP contribution in [-0.4, -0.2) is 37.6 Å². The number of pyridine rings is 1. The molecule has 1 aromatic heterocycles. The van der Waals surface area contributed by atoms with Gasteiger partial charge in [-0.1, -0.05) is 50.3 Å². The molecule has 6 heteroatoms. The van der Waals surface area contributed by atoms with Crippen molar-refractivity contribution in [2.75, 3.05) is 12.9 Å². The Bertz CT molecular complexity index is 1110. The van der Waals surface area contributed by atoms with Crippen molar-refractivity contribution in [3.63, 3.8) is 0 Å². The van der Waals surface area contributed by atoms with Crippen LogP contribution in [0.5, 0.6) is 5.88 Å². The first-order valence-electron chi connectivity index (χ1n) is 9.19. The molecule has 0 spiro atoms. The first-order valence-corrected chi connectivity index (χ1v) is 11.1. The Kier molecular flexibility index (Phi) is 4.63. The van der Waals surface area contributed by atoms with Gasteiger partial charge in [-0.25, -0.2) is 13.4 Å². The van der Waals surface area contributed by atoms with E-state index < -0.39 is 20.5 Å². The molecule has 2 unspecified atom stereocenters. The molecule has 0 radical (unpaired) electrons. The highest BCUT2D eigenvalue weighted by atomic mass is 32.2. The zero-order chi connectivity index (χ0) is 19.9. The number of hydrogen-bond donors (Lipinski definition) is 0. The van der Waals surface area contributed by atoms with Crippen molar-refractivity contribution in [2.24, 2.45) is 5.41 Å². The fourth-order valence-corrected chi connectivity index (χ4v) is 5.76. The summed E-state index contributed by atoms with van der Waals surface area (Å²) >= 11 is 0. The molecule has 4 rings (SSSR count). The van der Waals surface area contributed by atoms with Crippen molar-refractivity contribution in [3.05, 3.63) is 72.2 Å². The SMILES string of the molecule is CC1(C)C=C(C2C=CCO2)C=C(Oc2nccc3ccccc23)C1S(C)(=O)=O. The lowest BCUT2D eigenvalue weighted by Crippen LogP contribution is -2.41. The second-order valence-electron chi connectivity index (χ2n) is 7.84. The van der Waals surface area contributed by atoms with Crippen LogP contribution < -0.4 is 4.74 Å². The van der Waals surface area contributed by atoms with Crippen molar-refractivity contribution < 1.29 is 17.9 Å². The largest absolute Gasteiger partial charge is 0.441 e. The number of allylic oxidation sites excluding steroid dienone is 1. The van der Waals surface area contributed by atoms with E-state index in [1.807, 2.05) is 62.4 Å². The summed E-state index contributed by atoms with van der Waals surface area (Å²) in [6.07, 6.45) is 10.4. The van der Waals surface area contributed by atoms with E-state index in [1.54, 1.807) is 12.3 Å².